The summed E-state index contributed by atoms with van der Waals surface area (Å²) in [7, 11) is 0. The molecule has 0 aliphatic carbocycles. The van der Waals surface area contributed by atoms with Crippen LogP contribution in [0.4, 0.5) is 10.8 Å². The van der Waals surface area contributed by atoms with Gasteiger partial charge in [-0.05, 0) is 54.6 Å². The zero-order chi connectivity index (χ0) is 20.5. The van der Waals surface area contributed by atoms with Crippen molar-refractivity contribution in [1.29, 1.82) is 0 Å². The minimum atomic E-state index is 0.580. The van der Waals surface area contributed by atoms with E-state index in [4.69, 9.17) is 16.6 Å². The first-order chi connectivity index (χ1) is 14.7. The second-order valence-corrected chi connectivity index (χ2v) is 9.07. The fourth-order valence-electron chi connectivity index (χ4n) is 3.25. The van der Waals surface area contributed by atoms with Crippen LogP contribution in [0.3, 0.4) is 0 Å². The van der Waals surface area contributed by atoms with Crippen LogP contribution in [0.25, 0.3) is 22.4 Å². The van der Waals surface area contributed by atoms with Crippen LogP contribution in [0.15, 0.2) is 77.3 Å². The normalized spacial score (nSPS) is 11.1. The van der Waals surface area contributed by atoms with Gasteiger partial charge in [-0.2, -0.15) is 0 Å². The molecular formula is C22H15BrClN5S. The molecule has 3 aromatic carbocycles. The third-order valence-electron chi connectivity index (χ3n) is 4.59. The maximum atomic E-state index is 6.07. The van der Waals surface area contributed by atoms with Crippen molar-refractivity contribution < 1.29 is 0 Å². The molecular weight excluding hydrogens is 482 g/mol. The molecule has 0 unspecified atom stereocenters. The quantitative estimate of drug-likeness (QED) is 0.292. The van der Waals surface area contributed by atoms with Crippen molar-refractivity contribution in [2.24, 2.45) is 0 Å². The summed E-state index contributed by atoms with van der Waals surface area (Å²) >= 11 is 11.1. The Hall–Kier alpha value is -2.74. The van der Waals surface area contributed by atoms with Gasteiger partial charge >= 0.3 is 0 Å². The molecule has 8 heteroatoms. The fraction of sp³-hybridized carbons (Fsp3) is 0.0455. The first kappa shape index (κ1) is 19.2. The van der Waals surface area contributed by atoms with Crippen LogP contribution >= 0.6 is 38.9 Å². The highest BCUT2D eigenvalue weighted by atomic mass is 79.9. The van der Waals surface area contributed by atoms with Gasteiger partial charge in [-0.15, -0.1) is 10.2 Å². The molecule has 0 aliphatic rings. The van der Waals surface area contributed by atoms with E-state index >= 15 is 0 Å². The van der Waals surface area contributed by atoms with E-state index < -0.39 is 0 Å². The molecule has 5 aromatic rings. The summed E-state index contributed by atoms with van der Waals surface area (Å²) in [5, 5.41) is 14.4. The molecule has 0 saturated carbocycles. The molecule has 0 atom stereocenters. The van der Waals surface area contributed by atoms with Crippen LogP contribution in [0.5, 0.6) is 0 Å². The zero-order valence-corrected chi connectivity index (χ0v) is 18.7. The minimum absolute atomic E-state index is 0.580. The standard InChI is InChI=1S/C22H15BrClN5S/c23-15-4-3-5-17(12-15)25-22-28-27-20(30-22)13-29-19-7-2-1-6-18(19)26-21(29)14-8-10-16(24)11-9-14/h1-12H,13H2,(H,25,28). The van der Waals surface area contributed by atoms with E-state index in [2.05, 4.69) is 42.1 Å². The van der Waals surface area contributed by atoms with Crippen molar-refractivity contribution >= 4 is 60.7 Å². The number of anilines is 2. The Bertz CT molecular complexity index is 1330. The van der Waals surface area contributed by atoms with Crippen molar-refractivity contribution in [2.75, 3.05) is 5.32 Å². The largest absolute Gasteiger partial charge is 0.330 e. The van der Waals surface area contributed by atoms with Crippen LogP contribution in [0.1, 0.15) is 5.01 Å². The minimum Gasteiger partial charge on any atom is -0.330 e. The molecule has 0 saturated heterocycles. The van der Waals surface area contributed by atoms with Gasteiger partial charge in [0.1, 0.15) is 10.8 Å². The lowest BCUT2D eigenvalue weighted by Crippen LogP contribution is -2.02. The number of hydrogen-bond donors (Lipinski definition) is 1. The molecule has 0 radical (unpaired) electrons. The zero-order valence-electron chi connectivity index (χ0n) is 15.6. The molecule has 0 spiro atoms. The number of fused-ring (bicyclic) bond motifs is 1. The van der Waals surface area contributed by atoms with Gasteiger partial charge in [0.15, 0.2) is 0 Å². The third kappa shape index (κ3) is 3.96. The highest BCUT2D eigenvalue weighted by Crippen LogP contribution is 2.29. The number of rotatable bonds is 5. The van der Waals surface area contributed by atoms with Crippen LogP contribution in [-0.2, 0) is 6.54 Å². The Balaban J connectivity index is 1.49. The van der Waals surface area contributed by atoms with E-state index in [9.17, 15) is 0 Å². The lowest BCUT2D eigenvalue weighted by Gasteiger charge is -2.07. The number of para-hydroxylation sites is 2. The summed E-state index contributed by atoms with van der Waals surface area (Å²) < 4.78 is 3.18. The van der Waals surface area contributed by atoms with Gasteiger partial charge in [0.2, 0.25) is 5.13 Å². The maximum absolute atomic E-state index is 6.07. The monoisotopic (exact) mass is 495 g/mol. The Morgan fingerprint density at radius 1 is 0.967 bits per heavy atom. The first-order valence-electron chi connectivity index (χ1n) is 9.22. The van der Waals surface area contributed by atoms with Gasteiger partial charge in [0, 0.05) is 20.7 Å². The number of hydrogen-bond acceptors (Lipinski definition) is 5. The number of imidazole rings is 1. The van der Waals surface area contributed by atoms with Crippen molar-refractivity contribution in [1.82, 2.24) is 19.7 Å². The lowest BCUT2D eigenvalue weighted by molar-refractivity contribution is 0.809. The second-order valence-electron chi connectivity index (χ2n) is 6.65. The SMILES string of the molecule is Clc1ccc(-c2nc3ccccc3n2Cc2nnc(Nc3cccc(Br)c3)s2)cc1. The first-order valence-corrected chi connectivity index (χ1v) is 11.2. The van der Waals surface area contributed by atoms with E-state index in [-0.39, 0.29) is 0 Å². The van der Waals surface area contributed by atoms with Gasteiger partial charge in [-0.3, -0.25) is 0 Å². The van der Waals surface area contributed by atoms with Crippen LogP contribution in [-0.4, -0.2) is 19.7 Å². The summed E-state index contributed by atoms with van der Waals surface area (Å²) in [5.74, 6) is 0.879. The molecule has 2 aromatic heterocycles. The molecule has 0 amide bonds. The van der Waals surface area contributed by atoms with Crippen LogP contribution in [0.2, 0.25) is 5.02 Å². The van der Waals surface area contributed by atoms with Crippen molar-refractivity contribution in [3.05, 3.63) is 87.3 Å². The Kier molecular flexibility index (Phi) is 5.25. The number of nitrogens with one attached hydrogen (secondary N) is 1. The molecule has 0 aliphatic heterocycles. The summed E-state index contributed by atoms with van der Waals surface area (Å²) in [6, 6.07) is 23.8. The molecule has 148 valence electrons. The molecule has 0 fully saturated rings. The predicted octanol–water partition coefficient (Wildman–Crippen LogP) is 6.76. The van der Waals surface area contributed by atoms with E-state index in [0.29, 0.717) is 11.6 Å². The molecule has 2 heterocycles. The van der Waals surface area contributed by atoms with Crippen LogP contribution in [0, 0.1) is 0 Å². The smallest absolute Gasteiger partial charge is 0.210 e. The average Bonchev–Trinajstić information content (AvgIpc) is 3.34. The molecule has 5 nitrogen and oxygen atoms in total. The molecule has 30 heavy (non-hydrogen) atoms. The fourth-order valence-corrected chi connectivity index (χ4v) is 4.52. The number of benzene rings is 3. The van der Waals surface area contributed by atoms with Crippen molar-refractivity contribution in [3.8, 4) is 11.4 Å². The van der Waals surface area contributed by atoms with E-state index in [1.54, 1.807) is 0 Å². The van der Waals surface area contributed by atoms with Gasteiger partial charge < -0.3 is 9.88 Å². The van der Waals surface area contributed by atoms with Gasteiger partial charge in [-0.25, -0.2) is 4.98 Å². The average molecular weight is 497 g/mol. The Labute approximate surface area is 190 Å². The molecule has 1 N–H and O–H groups in total. The Morgan fingerprint density at radius 2 is 1.80 bits per heavy atom. The predicted molar refractivity (Wildman–Crippen MR) is 127 cm³/mol. The van der Waals surface area contributed by atoms with Crippen molar-refractivity contribution in [3.63, 3.8) is 0 Å². The van der Waals surface area contributed by atoms with E-state index in [0.717, 1.165) is 42.7 Å². The van der Waals surface area contributed by atoms with Gasteiger partial charge in [0.05, 0.1) is 17.6 Å². The highest BCUT2D eigenvalue weighted by molar-refractivity contribution is 9.10. The molecule has 0 bridgehead atoms. The summed E-state index contributed by atoms with van der Waals surface area (Å²) in [5.41, 5.74) is 3.97. The van der Waals surface area contributed by atoms with Crippen molar-refractivity contribution in [2.45, 2.75) is 6.54 Å². The summed E-state index contributed by atoms with van der Waals surface area (Å²) in [6.07, 6.45) is 0. The lowest BCUT2D eigenvalue weighted by atomic mass is 10.2. The maximum Gasteiger partial charge on any atom is 0.210 e. The topological polar surface area (TPSA) is 55.6 Å². The highest BCUT2D eigenvalue weighted by Gasteiger charge is 2.15. The number of halogens is 2. The summed E-state index contributed by atoms with van der Waals surface area (Å²) in [6.45, 7) is 0.580. The molecule has 5 rings (SSSR count). The number of nitrogens with zero attached hydrogens (tertiary/aromatic N) is 4. The number of aromatic nitrogens is 4. The Morgan fingerprint density at radius 3 is 2.63 bits per heavy atom. The van der Waals surface area contributed by atoms with Crippen LogP contribution < -0.4 is 5.32 Å². The third-order valence-corrected chi connectivity index (χ3v) is 6.16. The summed E-state index contributed by atoms with van der Waals surface area (Å²) in [4.78, 5) is 4.85. The van der Waals surface area contributed by atoms with E-state index in [1.807, 2.05) is 66.7 Å². The second kappa shape index (κ2) is 8.18. The van der Waals surface area contributed by atoms with Gasteiger partial charge in [0.25, 0.3) is 0 Å². The van der Waals surface area contributed by atoms with E-state index in [1.165, 1.54) is 11.3 Å². The van der Waals surface area contributed by atoms with Gasteiger partial charge in [-0.1, -0.05) is 57.1 Å².